The molecule has 22 heavy (non-hydrogen) atoms. The Hall–Kier alpha value is -2.41. The van der Waals surface area contributed by atoms with Crippen molar-refractivity contribution in [1.29, 1.82) is 5.26 Å². The van der Waals surface area contributed by atoms with Gasteiger partial charge in [0.1, 0.15) is 6.07 Å². The Bertz CT molecular complexity index is 702. The largest absolute Gasteiger partial charge is 0.345 e. The van der Waals surface area contributed by atoms with Crippen LogP contribution in [0.2, 0.25) is 0 Å². The van der Waals surface area contributed by atoms with E-state index in [1.807, 2.05) is 43.3 Å². The molecule has 1 heterocycles. The maximum atomic E-state index is 13.1. The van der Waals surface area contributed by atoms with Crippen molar-refractivity contribution in [3.63, 3.8) is 0 Å². The van der Waals surface area contributed by atoms with Gasteiger partial charge in [-0.1, -0.05) is 37.3 Å². The number of allylic oxidation sites excluding steroid dienone is 1. The fourth-order valence-electron chi connectivity index (χ4n) is 3.90. The topological polar surface area (TPSA) is 61.2 Å². The SMILES string of the molecule is C[C@@H]1C(=O)C(C#N)=C[C@@]2(c3ccccc3)C(=O)N(C)CC[C@H]12. The Morgan fingerprint density at radius 3 is 2.59 bits per heavy atom. The van der Waals surface area contributed by atoms with E-state index in [2.05, 4.69) is 0 Å². The average Bonchev–Trinajstić information content (AvgIpc) is 2.55. The number of carbonyl (C=O) groups excluding carboxylic acids is 2. The molecule has 1 fully saturated rings. The maximum absolute atomic E-state index is 13.1. The third kappa shape index (κ3) is 1.82. The van der Waals surface area contributed by atoms with E-state index in [0.717, 1.165) is 12.0 Å². The van der Waals surface area contributed by atoms with Crippen LogP contribution in [0.25, 0.3) is 0 Å². The number of fused-ring (bicyclic) bond motifs is 1. The lowest BCUT2D eigenvalue weighted by atomic mass is 9.57. The minimum atomic E-state index is -0.896. The van der Waals surface area contributed by atoms with Gasteiger partial charge in [-0.05, 0) is 24.0 Å². The number of hydrogen-bond acceptors (Lipinski definition) is 3. The number of rotatable bonds is 1. The lowest BCUT2D eigenvalue weighted by molar-refractivity contribution is -0.143. The lowest BCUT2D eigenvalue weighted by Crippen LogP contribution is -2.58. The first-order valence-corrected chi connectivity index (χ1v) is 7.50. The molecule has 4 nitrogen and oxygen atoms in total. The molecule has 1 aromatic carbocycles. The normalized spacial score (nSPS) is 31.3. The maximum Gasteiger partial charge on any atom is 0.237 e. The van der Waals surface area contributed by atoms with Crippen LogP contribution >= 0.6 is 0 Å². The summed E-state index contributed by atoms with van der Waals surface area (Å²) in [7, 11) is 1.78. The number of ketones is 1. The molecule has 2 aliphatic rings. The zero-order valence-corrected chi connectivity index (χ0v) is 12.7. The van der Waals surface area contributed by atoms with Crippen LogP contribution < -0.4 is 0 Å². The van der Waals surface area contributed by atoms with Crippen molar-refractivity contribution < 1.29 is 9.59 Å². The van der Waals surface area contributed by atoms with Gasteiger partial charge < -0.3 is 4.90 Å². The summed E-state index contributed by atoms with van der Waals surface area (Å²) in [6, 6.07) is 11.5. The zero-order chi connectivity index (χ0) is 15.9. The highest BCUT2D eigenvalue weighted by molar-refractivity contribution is 6.06. The summed E-state index contributed by atoms with van der Waals surface area (Å²) < 4.78 is 0. The Labute approximate surface area is 130 Å². The van der Waals surface area contributed by atoms with E-state index in [9.17, 15) is 14.9 Å². The number of nitrogens with zero attached hydrogens (tertiary/aromatic N) is 2. The number of amides is 1. The first-order valence-electron chi connectivity index (χ1n) is 7.50. The van der Waals surface area contributed by atoms with Gasteiger partial charge in [-0.25, -0.2) is 0 Å². The zero-order valence-electron chi connectivity index (χ0n) is 12.7. The van der Waals surface area contributed by atoms with E-state index in [1.54, 1.807) is 18.0 Å². The number of likely N-dealkylation sites (N-methyl/N-ethyl adjacent to an activating group) is 1. The predicted molar refractivity (Wildman–Crippen MR) is 81.7 cm³/mol. The van der Waals surface area contributed by atoms with E-state index >= 15 is 0 Å². The molecule has 0 saturated carbocycles. The van der Waals surface area contributed by atoms with Crippen LogP contribution in [0.5, 0.6) is 0 Å². The van der Waals surface area contributed by atoms with Gasteiger partial charge >= 0.3 is 0 Å². The molecule has 1 aliphatic heterocycles. The van der Waals surface area contributed by atoms with Gasteiger partial charge in [0.2, 0.25) is 5.91 Å². The Morgan fingerprint density at radius 2 is 1.95 bits per heavy atom. The second-order valence-electron chi connectivity index (χ2n) is 6.18. The molecule has 0 aromatic heterocycles. The average molecular weight is 294 g/mol. The first kappa shape index (κ1) is 14.5. The minimum Gasteiger partial charge on any atom is -0.345 e. The Kier molecular flexibility index (Phi) is 3.37. The third-order valence-corrected chi connectivity index (χ3v) is 5.09. The molecule has 3 atom stereocenters. The smallest absolute Gasteiger partial charge is 0.237 e. The van der Waals surface area contributed by atoms with Gasteiger partial charge in [0.15, 0.2) is 5.78 Å². The van der Waals surface area contributed by atoms with Gasteiger partial charge in [-0.2, -0.15) is 5.26 Å². The summed E-state index contributed by atoms with van der Waals surface area (Å²) in [4.78, 5) is 27.1. The van der Waals surface area contributed by atoms with Crippen LogP contribution in [0, 0.1) is 23.2 Å². The summed E-state index contributed by atoms with van der Waals surface area (Å²) in [5.41, 5.74) is 0.0760. The molecule has 0 bridgehead atoms. The fraction of sp³-hybridized carbons (Fsp3) is 0.389. The van der Waals surface area contributed by atoms with Crippen LogP contribution in [-0.2, 0) is 15.0 Å². The molecule has 1 amide bonds. The number of Topliss-reactive ketones (excluding diaryl/α,β-unsaturated/α-hetero) is 1. The van der Waals surface area contributed by atoms with Gasteiger partial charge in [0.05, 0.1) is 11.0 Å². The van der Waals surface area contributed by atoms with Crippen molar-refractivity contribution >= 4 is 11.7 Å². The van der Waals surface area contributed by atoms with Crippen molar-refractivity contribution in [3.05, 3.63) is 47.5 Å². The number of piperidine rings is 1. The molecule has 0 N–H and O–H groups in total. The lowest BCUT2D eigenvalue weighted by Gasteiger charge is -2.49. The number of benzene rings is 1. The highest BCUT2D eigenvalue weighted by atomic mass is 16.2. The van der Waals surface area contributed by atoms with Crippen LogP contribution in [0.3, 0.4) is 0 Å². The van der Waals surface area contributed by atoms with Gasteiger partial charge in [0.25, 0.3) is 0 Å². The molecule has 1 aromatic rings. The molecule has 112 valence electrons. The number of carbonyl (C=O) groups is 2. The second kappa shape index (κ2) is 5.10. The monoisotopic (exact) mass is 294 g/mol. The summed E-state index contributed by atoms with van der Waals surface area (Å²) in [6.45, 7) is 2.49. The molecule has 1 aliphatic carbocycles. The van der Waals surface area contributed by atoms with E-state index in [1.165, 1.54) is 0 Å². The van der Waals surface area contributed by atoms with E-state index in [4.69, 9.17) is 0 Å². The van der Waals surface area contributed by atoms with Gasteiger partial charge in [0, 0.05) is 19.5 Å². The van der Waals surface area contributed by atoms with Crippen molar-refractivity contribution in [2.45, 2.75) is 18.8 Å². The molecule has 4 heteroatoms. The summed E-state index contributed by atoms with van der Waals surface area (Å²) >= 11 is 0. The van der Waals surface area contributed by atoms with E-state index < -0.39 is 5.41 Å². The first-order chi connectivity index (χ1) is 10.5. The summed E-state index contributed by atoms with van der Waals surface area (Å²) in [5, 5.41) is 9.32. The van der Waals surface area contributed by atoms with E-state index in [-0.39, 0.29) is 29.1 Å². The van der Waals surface area contributed by atoms with Crippen molar-refractivity contribution in [1.82, 2.24) is 4.90 Å². The van der Waals surface area contributed by atoms with Crippen molar-refractivity contribution in [2.75, 3.05) is 13.6 Å². The number of nitriles is 1. The standard InChI is InChI=1S/C18H18N2O2/c1-12-15-8-9-20(2)17(22)18(15,10-13(11-19)16(12)21)14-6-4-3-5-7-14/h3-7,10,12,15H,8-9H2,1-2H3/t12-,15+,18-/m0/s1. The van der Waals surface area contributed by atoms with Gasteiger partial charge in [-0.15, -0.1) is 0 Å². The molecular weight excluding hydrogens is 276 g/mol. The minimum absolute atomic E-state index is 0.0259. The highest BCUT2D eigenvalue weighted by Gasteiger charge is 2.55. The number of hydrogen-bond donors (Lipinski definition) is 0. The molecule has 0 radical (unpaired) electrons. The fourth-order valence-corrected chi connectivity index (χ4v) is 3.90. The molecule has 0 spiro atoms. The quantitative estimate of drug-likeness (QED) is 0.796. The molecule has 0 unspecified atom stereocenters. The van der Waals surface area contributed by atoms with E-state index in [0.29, 0.717) is 6.54 Å². The number of likely N-dealkylation sites (tertiary alicyclic amines) is 1. The predicted octanol–water partition coefficient (Wildman–Crippen LogP) is 2.07. The van der Waals surface area contributed by atoms with Crippen LogP contribution in [0.15, 0.2) is 42.0 Å². The Balaban J connectivity index is 2.30. The van der Waals surface area contributed by atoms with Crippen LogP contribution in [-0.4, -0.2) is 30.2 Å². The van der Waals surface area contributed by atoms with Crippen LogP contribution in [0.1, 0.15) is 18.9 Å². The summed E-state index contributed by atoms with van der Waals surface area (Å²) in [6.07, 6.45) is 2.38. The third-order valence-electron chi connectivity index (χ3n) is 5.09. The second-order valence-corrected chi connectivity index (χ2v) is 6.18. The summed E-state index contributed by atoms with van der Waals surface area (Å²) in [5.74, 6) is -0.584. The van der Waals surface area contributed by atoms with Crippen molar-refractivity contribution in [3.8, 4) is 6.07 Å². The molecule has 1 saturated heterocycles. The van der Waals surface area contributed by atoms with Crippen molar-refractivity contribution in [2.24, 2.45) is 11.8 Å². The van der Waals surface area contributed by atoms with Gasteiger partial charge in [-0.3, -0.25) is 9.59 Å². The molecular formula is C18H18N2O2. The highest BCUT2D eigenvalue weighted by Crippen LogP contribution is 2.48. The Morgan fingerprint density at radius 1 is 1.27 bits per heavy atom. The molecule has 3 rings (SSSR count). The van der Waals surface area contributed by atoms with Crippen LogP contribution in [0.4, 0.5) is 0 Å².